The molecule has 26 heavy (non-hydrogen) atoms. The zero-order valence-corrected chi connectivity index (χ0v) is 14.9. The maximum atomic E-state index is 12.4. The van der Waals surface area contributed by atoms with Crippen LogP contribution < -0.4 is 4.74 Å². The third-order valence-electron chi connectivity index (χ3n) is 5.13. The van der Waals surface area contributed by atoms with Gasteiger partial charge in [-0.15, -0.1) is 0 Å². The van der Waals surface area contributed by atoms with E-state index < -0.39 is 0 Å². The predicted molar refractivity (Wildman–Crippen MR) is 100 cm³/mol. The fourth-order valence-corrected chi connectivity index (χ4v) is 3.70. The van der Waals surface area contributed by atoms with Crippen LogP contribution in [-0.4, -0.2) is 35.7 Å². The van der Waals surface area contributed by atoms with Crippen molar-refractivity contribution in [1.82, 2.24) is 9.88 Å². The number of aromatic nitrogens is 1. The molecule has 134 valence electrons. The molecule has 1 aliphatic rings. The van der Waals surface area contributed by atoms with Crippen molar-refractivity contribution in [2.45, 2.75) is 25.4 Å². The van der Waals surface area contributed by atoms with E-state index in [0.29, 0.717) is 6.61 Å². The minimum absolute atomic E-state index is 0.00269. The molecular weight excluding hydrogens is 328 g/mol. The number of rotatable bonds is 5. The maximum absolute atomic E-state index is 12.4. The van der Waals surface area contributed by atoms with Crippen molar-refractivity contribution in [3.05, 3.63) is 65.9 Å². The molecule has 0 unspecified atom stereocenters. The van der Waals surface area contributed by atoms with E-state index in [1.54, 1.807) is 7.11 Å². The molecule has 0 spiro atoms. The van der Waals surface area contributed by atoms with E-state index in [4.69, 9.17) is 9.47 Å². The summed E-state index contributed by atoms with van der Waals surface area (Å²) in [7, 11) is 1.67. The number of hydrogen-bond acceptors (Lipinski definition) is 3. The van der Waals surface area contributed by atoms with Crippen LogP contribution in [-0.2, 0) is 11.2 Å². The van der Waals surface area contributed by atoms with Crippen LogP contribution in [0.1, 0.15) is 24.1 Å². The first kappa shape index (κ1) is 16.5. The highest BCUT2D eigenvalue weighted by Gasteiger charge is 2.37. The second kappa shape index (κ2) is 6.75. The summed E-state index contributed by atoms with van der Waals surface area (Å²) in [5, 5.41) is 1.12. The van der Waals surface area contributed by atoms with Crippen molar-refractivity contribution in [3.8, 4) is 5.75 Å². The van der Waals surface area contributed by atoms with Gasteiger partial charge >= 0.3 is 6.09 Å². The number of ether oxygens (including phenoxy) is 2. The molecular formula is C21H22N2O3. The SMILES string of the molecule is COc1ccc2[nH]cc(C[C@H]3COC(=O)N3[C@@H](C)c3ccccc3)c2c1. The topological polar surface area (TPSA) is 54.6 Å². The maximum Gasteiger partial charge on any atom is 0.410 e. The number of H-pyrrole nitrogens is 1. The molecule has 0 aliphatic carbocycles. The van der Waals surface area contributed by atoms with Crippen molar-refractivity contribution in [2.75, 3.05) is 13.7 Å². The number of benzene rings is 2. The molecule has 0 radical (unpaired) electrons. The van der Waals surface area contributed by atoms with Crippen LogP contribution in [0.3, 0.4) is 0 Å². The van der Waals surface area contributed by atoms with Crippen LogP contribution >= 0.6 is 0 Å². The normalized spacial score (nSPS) is 18.2. The van der Waals surface area contributed by atoms with Crippen molar-refractivity contribution < 1.29 is 14.3 Å². The van der Waals surface area contributed by atoms with Gasteiger partial charge in [0.1, 0.15) is 12.4 Å². The highest BCUT2D eigenvalue weighted by atomic mass is 16.6. The first-order valence-electron chi connectivity index (χ1n) is 8.81. The van der Waals surface area contributed by atoms with Crippen LogP contribution in [0.4, 0.5) is 4.79 Å². The average Bonchev–Trinajstić information content (AvgIpc) is 3.25. The number of methoxy groups -OCH3 is 1. The summed E-state index contributed by atoms with van der Waals surface area (Å²) in [5.74, 6) is 0.826. The van der Waals surface area contributed by atoms with E-state index >= 15 is 0 Å². The van der Waals surface area contributed by atoms with Crippen LogP contribution in [0.5, 0.6) is 5.75 Å². The largest absolute Gasteiger partial charge is 0.497 e. The van der Waals surface area contributed by atoms with E-state index in [2.05, 4.69) is 4.98 Å². The molecule has 1 N–H and O–H groups in total. The summed E-state index contributed by atoms with van der Waals surface area (Å²) >= 11 is 0. The Bertz CT molecular complexity index is 919. The Labute approximate surface area is 152 Å². The number of hydrogen-bond donors (Lipinski definition) is 1. The minimum atomic E-state index is -0.247. The Morgan fingerprint density at radius 3 is 2.85 bits per heavy atom. The Hall–Kier alpha value is -2.95. The highest BCUT2D eigenvalue weighted by molar-refractivity contribution is 5.84. The zero-order chi connectivity index (χ0) is 18.1. The molecule has 1 aromatic heterocycles. The van der Waals surface area contributed by atoms with E-state index in [0.717, 1.165) is 34.2 Å². The molecule has 5 nitrogen and oxygen atoms in total. The fraction of sp³-hybridized carbons (Fsp3) is 0.286. The van der Waals surface area contributed by atoms with Crippen LogP contribution in [0, 0.1) is 0 Å². The highest BCUT2D eigenvalue weighted by Crippen LogP contribution is 2.31. The molecule has 5 heteroatoms. The van der Waals surface area contributed by atoms with E-state index in [-0.39, 0.29) is 18.2 Å². The third kappa shape index (κ3) is 2.90. The smallest absolute Gasteiger partial charge is 0.410 e. The lowest BCUT2D eigenvalue weighted by Gasteiger charge is -2.28. The fourth-order valence-electron chi connectivity index (χ4n) is 3.70. The van der Waals surface area contributed by atoms with E-state index in [1.807, 2.05) is 66.6 Å². The molecule has 3 aromatic rings. The van der Waals surface area contributed by atoms with E-state index in [9.17, 15) is 4.79 Å². The molecule has 0 saturated carbocycles. The molecule has 1 aliphatic heterocycles. The first-order valence-corrected chi connectivity index (χ1v) is 8.81. The number of carbonyl (C=O) groups excluding carboxylic acids is 1. The van der Waals surface area contributed by atoms with Crippen molar-refractivity contribution >= 4 is 17.0 Å². The number of fused-ring (bicyclic) bond motifs is 1. The van der Waals surface area contributed by atoms with Gasteiger partial charge in [0.25, 0.3) is 0 Å². The van der Waals surface area contributed by atoms with Gasteiger partial charge in [0.2, 0.25) is 0 Å². The average molecular weight is 350 g/mol. The lowest BCUT2D eigenvalue weighted by atomic mass is 10.0. The zero-order valence-electron chi connectivity index (χ0n) is 14.9. The third-order valence-corrected chi connectivity index (χ3v) is 5.13. The summed E-state index contributed by atoms with van der Waals surface area (Å²) in [6, 6.07) is 16.0. The number of nitrogens with zero attached hydrogens (tertiary/aromatic N) is 1. The number of cyclic esters (lactones) is 1. The second-order valence-electron chi connectivity index (χ2n) is 6.65. The summed E-state index contributed by atoms with van der Waals surface area (Å²) < 4.78 is 10.7. The molecule has 1 fully saturated rings. The quantitative estimate of drug-likeness (QED) is 0.746. The Balaban J connectivity index is 1.62. The van der Waals surface area contributed by atoms with Gasteiger partial charge in [0, 0.05) is 17.1 Å². The molecule has 1 amide bonds. The van der Waals surface area contributed by atoms with Gasteiger partial charge in [-0.3, -0.25) is 4.90 Å². The van der Waals surface area contributed by atoms with Crippen LogP contribution in [0.2, 0.25) is 0 Å². The molecule has 4 rings (SSSR count). The summed E-state index contributed by atoms with van der Waals surface area (Å²) in [4.78, 5) is 17.5. The molecule has 0 bridgehead atoms. The monoisotopic (exact) mass is 350 g/mol. The number of amides is 1. The summed E-state index contributed by atoms with van der Waals surface area (Å²) in [5.41, 5.74) is 3.33. The van der Waals surface area contributed by atoms with Gasteiger partial charge < -0.3 is 14.5 Å². The second-order valence-corrected chi connectivity index (χ2v) is 6.65. The standard InChI is InChI=1S/C21H22N2O3/c1-14(15-6-4-3-5-7-15)23-17(13-26-21(23)24)10-16-12-22-20-9-8-18(25-2)11-19(16)20/h3-9,11-12,14,17,22H,10,13H2,1-2H3/t14-,17-/m0/s1. The van der Waals surface area contributed by atoms with Crippen LogP contribution in [0.25, 0.3) is 10.9 Å². The molecule has 2 atom stereocenters. The minimum Gasteiger partial charge on any atom is -0.497 e. The van der Waals surface area contributed by atoms with Gasteiger partial charge in [-0.25, -0.2) is 4.79 Å². The number of nitrogens with one attached hydrogen (secondary N) is 1. The lowest BCUT2D eigenvalue weighted by molar-refractivity contribution is 0.147. The van der Waals surface area contributed by atoms with Gasteiger partial charge in [0.15, 0.2) is 0 Å². The molecule has 2 heterocycles. The van der Waals surface area contributed by atoms with Crippen molar-refractivity contribution in [2.24, 2.45) is 0 Å². The summed E-state index contributed by atoms with van der Waals surface area (Å²) in [6.45, 7) is 2.46. The van der Waals surface area contributed by atoms with Gasteiger partial charge in [-0.2, -0.15) is 0 Å². The Morgan fingerprint density at radius 2 is 2.08 bits per heavy atom. The molecule has 1 saturated heterocycles. The number of carbonyl (C=O) groups is 1. The van der Waals surface area contributed by atoms with Gasteiger partial charge in [-0.1, -0.05) is 30.3 Å². The summed E-state index contributed by atoms with van der Waals surface area (Å²) in [6.07, 6.45) is 2.50. The Morgan fingerprint density at radius 1 is 1.27 bits per heavy atom. The molecule has 2 aromatic carbocycles. The first-order chi connectivity index (χ1) is 12.7. The van der Waals surface area contributed by atoms with Crippen molar-refractivity contribution in [1.29, 1.82) is 0 Å². The van der Waals surface area contributed by atoms with Gasteiger partial charge in [-0.05, 0) is 42.7 Å². The lowest BCUT2D eigenvalue weighted by Crippen LogP contribution is -2.37. The van der Waals surface area contributed by atoms with Crippen molar-refractivity contribution in [3.63, 3.8) is 0 Å². The predicted octanol–water partition coefficient (Wildman–Crippen LogP) is 4.30. The van der Waals surface area contributed by atoms with E-state index in [1.165, 1.54) is 0 Å². The Kier molecular flexibility index (Phi) is 4.29. The van der Waals surface area contributed by atoms with Crippen LogP contribution in [0.15, 0.2) is 54.7 Å². The van der Waals surface area contributed by atoms with Gasteiger partial charge in [0.05, 0.1) is 19.2 Å². The number of aromatic amines is 1.